The first kappa shape index (κ1) is 10.1. The van der Waals surface area contributed by atoms with Crippen LogP contribution in [0.2, 0.25) is 0 Å². The van der Waals surface area contributed by atoms with Crippen molar-refractivity contribution in [3.63, 3.8) is 0 Å². The van der Waals surface area contributed by atoms with Gasteiger partial charge in [-0.05, 0) is 16.1 Å². The Labute approximate surface area is 69.8 Å². The van der Waals surface area contributed by atoms with Crippen LogP contribution in [0.25, 0.3) is 0 Å². The molecule has 0 N–H and O–H groups in total. The fraction of sp³-hybridized carbons (Fsp3) is 0.833. The Hall–Kier alpha value is 0.110. The lowest BCUT2D eigenvalue weighted by Crippen LogP contribution is -2.15. The molecule has 0 atom stereocenters. The van der Waals surface area contributed by atoms with Gasteiger partial charge in [-0.3, -0.25) is 0 Å². The molecule has 10 heavy (non-hydrogen) atoms. The average Bonchev–Trinajstić information content (AvgIpc) is 1.81. The van der Waals surface area contributed by atoms with Gasteiger partial charge in [-0.15, -0.1) is 0 Å². The largest absolute Gasteiger partial charge is 0.456 e. The highest BCUT2D eigenvalue weighted by Crippen LogP contribution is 2.16. The van der Waals surface area contributed by atoms with Gasteiger partial charge in [-0.1, -0.05) is 20.8 Å². The van der Waals surface area contributed by atoms with Gasteiger partial charge in [0.2, 0.25) is 0 Å². The normalized spacial score (nSPS) is 11.2. The van der Waals surface area contributed by atoms with E-state index in [1.165, 1.54) is 0 Å². The predicted molar refractivity (Wildman–Crippen MR) is 44.2 cm³/mol. The summed E-state index contributed by atoms with van der Waals surface area (Å²) < 4.78 is 4.75. The molecule has 60 valence electrons. The summed E-state index contributed by atoms with van der Waals surface area (Å²) in [6.07, 6.45) is 0. The van der Waals surface area contributed by atoms with E-state index in [1.54, 1.807) is 0 Å². The Morgan fingerprint density at radius 2 is 2.10 bits per heavy atom. The zero-order chi connectivity index (χ0) is 8.20. The van der Waals surface area contributed by atoms with E-state index in [0.717, 1.165) is 0 Å². The van der Waals surface area contributed by atoms with Crippen LogP contribution in [-0.2, 0) is 4.74 Å². The van der Waals surface area contributed by atoms with E-state index < -0.39 is 5.30 Å². The van der Waals surface area contributed by atoms with Crippen molar-refractivity contribution in [1.82, 2.24) is 0 Å². The van der Waals surface area contributed by atoms with Crippen molar-refractivity contribution in [1.29, 1.82) is 0 Å². The second-order valence-electron chi connectivity index (χ2n) is 3.18. The number of carbonyl (C=O) groups excluding carboxylic acids is 1. The lowest BCUT2D eigenvalue weighted by Gasteiger charge is -2.16. The van der Waals surface area contributed by atoms with Crippen LogP contribution in [0, 0.1) is 5.41 Å². The second-order valence-corrected chi connectivity index (χ2v) is 4.13. The fourth-order valence-corrected chi connectivity index (χ4v) is 0.535. The number of ether oxygens (including phenoxy) is 1. The van der Waals surface area contributed by atoms with Crippen molar-refractivity contribution in [2.45, 2.75) is 20.8 Å². The Kier molecular flexibility index (Phi) is 4.13. The van der Waals surface area contributed by atoms with Gasteiger partial charge in [0.25, 0.3) is 0 Å². The minimum Gasteiger partial charge on any atom is -0.456 e. The van der Waals surface area contributed by atoms with Gasteiger partial charge in [0, 0.05) is 0 Å². The number of hydrogen-bond acceptors (Lipinski definition) is 3. The monoisotopic (exact) mass is 182 g/mol. The van der Waals surface area contributed by atoms with Crippen LogP contribution in [0.5, 0.6) is 0 Å². The lowest BCUT2D eigenvalue weighted by atomic mass is 9.99. The van der Waals surface area contributed by atoms with Gasteiger partial charge >= 0.3 is 5.30 Å². The minimum atomic E-state index is -0.434. The highest BCUT2D eigenvalue weighted by atomic mass is 35.7. The third-order valence-corrected chi connectivity index (χ3v) is 1.31. The van der Waals surface area contributed by atoms with Gasteiger partial charge in [-0.25, -0.2) is 4.79 Å². The first-order valence-corrected chi connectivity index (χ1v) is 4.55. The summed E-state index contributed by atoms with van der Waals surface area (Å²) in [5, 5.41) is -0.434. The molecule has 0 rings (SSSR count). The maximum absolute atomic E-state index is 10.5. The predicted octanol–water partition coefficient (Wildman–Crippen LogP) is 3.06. The molecule has 0 saturated carbocycles. The molecule has 0 spiro atoms. The molecule has 0 heterocycles. The van der Waals surface area contributed by atoms with E-state index in [0.29, 0.717) is 17.6 Å². The van der Waals surface area contributed by atoms with E-state index in [1.807, 2.05) is 20.8 Å². The standard InChI is InChI=1S/C6H11ClO2S/c1-6(2,3)4-9-5(8)10-7/h4H2,1-3H3. The second kappa shape index (κ2) is 4.09. The summed E-state index contributed by atoms with van der Waals surface area (Å²) in [5.41, 5.74) is 0.0161. The van der Waals surface area contributed by atoms with Crippen molar-refractivity contribution < 1.29 is 9.53 Å². The quantitative estimate of drug-likeness (QED) is 0.583. The Morgan fingerprint density at radius 3 is 2.40 bits per heavy atom. The highest BCUT2D eigenvalue weighted by Gasteiger charge is 2.13. The molecule has 0 aliphatic rings. The summed E-state index contributed by atoms with van der Waals surface area (Å²) in [5.74, 6) is 0. The number of halogens is 1. The van der Waals surface area contributed by atoms with Crippen LogP contribution < -0.4 is 0 Å². The maximum atomic E-state index is 10.5. The Morgan fingerprint density at radius 1 is 1.60 bits per heavy atom. The molecule has 4 heteroatoms. The fourth-order valence-electron chi connectivity index (χ4n) is 0.298. The van der Waals surface area contributed by atoms with Crippen molar-refractivity contribution in [2.24, 2.45) is 5.41 Å². The zero-order valence-electron chi connectivity index (χ0n) is 6.31. The SMILES string of the molecule is CC(C)(C)COC(=O)SCl. The summed E-state index contributed by atoms with van der Waals surface area (Å²) in [4.78, 5) is 10.5. The molecule has 0 radical (unpaired) electrons. The van der Waals surface area contributed by atoms with Gasteiger partial charge in [0.1, 0.15) is 0 Å². The van der Waals surface area contributed by atoms with Gasteiger partial charge in [0.15, 0.2) is 0 Å². The molecule has 0 bridgehead atoms. The highest BCUT2D eigenvalue weighted by molar-refractivity contribution is 8.32. The summed E-state index contributed by atoms with van der Waals surface area (Å²) in [6.45, 7) is 6.36. The smallest absolute Gasteiger partial charge is 0.383 e. The van der Waals surface area contributed by atoms with Gasteiger partial charge < -0.3 is 4.74 Å². The van der Waals surface area contributed by atoms with Crippen molar-refractivity contribution in [2.75, 3.05) is 6.61 Å². The molecule has 0 saturated heterocycles. The molecule has 0 aliphatic carbocycles. The molecule has 0 aromatic carbocycles. The lowest BCUT2D eigenvalue weighted by molar-refractivity contribution is 0.130. The Balaban J connectivity index is 3.46. The van der Waals surface area contributed by atoms with Gasteiger partial charge in [-0.2, -0.15) is 0 Å². The van der Waals surface area contributed by atoms with Crippen molar-refractivity contribution >= 4 is 27.0 Å². The summed E-state index contributed by atoms with van der Waals surface area (Å²) >= 11 is 0. The van der Waals surface area contributed by atoms with Crippen molar-refractivity contribution in [3.8, 4) is 0 Å². The molecular weight excluding hydrogens is 172 g/mol. The van der Waals surface area contributed by atoms with E-state index in [9.17, 15) is 4.79 Å². The minimum absolute atomic E-state index is 0.0161. The van der Waals surface area contributed by atoms with Crippen LogP contribution >= 0.6 is 21.7 Å². The number of carbonyl (C=O) groups is 1. The molecule has 0 aliphatic heterocycles. The summed E-state index contributed by atoms with van der Waals surface area (Å²) in [6, 6.07) is 0. The molecule has 0 unspecified atom stereocenters. The molecule has 0 aromatic heterocycles. The first-order valence-electron chi connectivity index (χ1n) is 2.91. The third-order valence-electron chi connectivity index (χ3n) is 0.686. The number of rotatable bonds is 1. The average molecular weight is 183 g/mol. The van der Waals surface area contributed by atoms with Crippen LogP contribution in [0.1, 0.15) is 20.8 Å². The molecule has 0 fully saturated rings. The van der Waals surface area contributed by atoms with E-state index >= 15 is 0 Å². The molecule has 0 amide bonds. The van der Waals surface area contributed by atoms with E-state index in [-0.39, 0.29) is 5.41 Å². The summed E-state index contributed by atoms with van der Waals surface area (Å²) in [7, 11) is 5.70. The molecule has 2 nitrogen and oxygen atoms in total. The van der Waals surface area contributed by atoms with Crippen LogP contribution in [0.3, 0.4) is 0 Å². The third kappa shape index (κ3) is 6.23. The molecule has 0 aromatic rings. The molecular formula is C6H11ClO2S. The zero-order valence-corrected chi connectivity index (χ0v) is 7.88. The van der Waals surface area contributed by atoms with Gasteiger partial charge in [0.05, 0.1) is 17.6 Å². The van der Waals surface area contributed by atoms with Crippen LogP contribution in [0.15, 0.2) is 0 Å². The van der Waals surface area contributed by atoms with Crippen molar-refractivity contribution in [3.05, 3.63) is 0 Å². The maximum Gasteiger partial charge on any atom is 0.383 e. The number of hydrogen-bond donors (Lipinski definition) is 0. The topological polar surface area (TPSA) is 26.3 Å². The van der Waals surface area contributed by atoms with E-state index in [2.05, 4.69) is 0 Å². The van der Waals surface area contributed by atoms with E-state index in [4.69, 9.17) is 15.4 Å². The van der Waals surface area contributed by atoms with Crippen LogP contribution in [-0.4, -0.2) is 11.9 Å². The first-order chi connectivity index (χ1) is 4.45. The van der Waals surface area contributed by atoms with Crippen LogP contribution in [0.4, 0.5) is 4.79 Å². The Bertz CT molecular complexity index is 119.